The molecule has 82 heavy (non-hydrogen) atoms. The molecule has 5 rings (SSSR count). The smallest absolute Gasteiger partial charge is 0.412 e. The normalized spacial score (nSPS) is 35.3. The number of nitrogens with one attached hydrogen (secondary N) is 1. The number of carbonyl (C=O) groups is 6. The number of hydrogen-bond donors (Lipinski definition) is 6. The molecule has 3 fully saturated rings. The fourth-order valence-corrected chi connectivity index (χ4v) is 14.6. The molecule has 1 aromatic heterocycles. The van der Waals surface area contributed by atoms with Gasteiger partial charge in [-0.3, -0.25) is 33.6 Å². The largest absolute Gasteiger partial charge is 0.460 e. The van der Waals surface area contributed by atoms with Crippen LogP contribution in [0.15, 0.2) is 65.9 Å². The number of aromatic nitrogens is 1. The average Bonchev–Trinajstić information content (AvgIpc) is 3.37. The number of hydrogen-bond acceptors (Lipinski definition) is 17. The number of nitrogens with zero attached hydrogens (tertiary/aromatic N) is 2. The molecule has 1 aliphatic carbocycles. The van der Waals surface area contributed by atoms with Gasteiger partial charge in [-0.15, -0.1) is 0 Å². The van der Waals surface area contributed by atoms with Crippen LogP contribution >= 0.6 is 15.0 Å². The number of ether oxygens (including phenoxy) is 6. The molecule has 24 heteroatoms. The maximum atomic E-state index is 14.6. The number of pyridine rings is 1. The first-order valence-corrected chi connectivity index (χ1v) is 32.0. The van der Waals surface area contributed by atoms with E-state index < -0.39 is 128 Å². The third kappa shape index (κ3) is 18.7. The zero-order chi connectivity index (χ0) is 60.9. The van der Waals surface area contributed by atoms with Crippen molar-refractivity contribution in [2.75, 3.05) is 39.1 Å². The summed E-state index contributed by atoms with van der Waals surface area (Å²) in [5.74, 6) is -10.3. The van der Waals surface area contributed by atoms with E-state index in [2.05, 4.69) is 10.3 Å². The van der Waals surface area contributed by atoms with Crippen LogP contribution in [0.25, 0.3) is 0 Å². The maximum absolute atomic E-state index is 14.6. The van der Waals surface area contributed by atoms with Gasteiger partial charge >= 0.3 is 19.7 Å². The SMILES string of the molecule is CO[C@H]1C[C@@H]2CC[C@@H](C)[C@@](O)(O2)C(=O)C(=O)N2CCCC[C@H]2C(=O)O[C@H]([C@H](C)C[C@H]2CC[C@@H](OC(=O)Nc3ccc(P(=O)(O)CP(=O)(O)O)nc3)[C@H](OC)C2)CC(=O)[C@H](C)/C=C(\C)[C@@H](O)[C@@H](OC)C(=O)[C@H](C)C[C@H](C)/C=C/C=C/C=C/1C. The van der Waals surface area contributed by atoms with Crippen molar-refractivity contribution in [3.63, 3.8) is 0 Å². The number of allylic oxidation sites excluding steroid dienone is 6. The summed E-state index contributed by atoms with van der Waals surface area (Å²) >= 11 is 0. The summed E-state index contributed by atoms with van der Waals surface area (Å²) in [5, 5.41) is 26.1. The Morgan fingerprint density at radius 2 is 1.60 bits per heavy atom. The number of esters is 1. The van der Waals surface area contributed by atoms with E-state index in [0.717, 1.165) is 22.7 Å². The van der Waals surface area contributed by atoms with Crippen molar-refractivity contribution in [2.24, 2.45) is 35.5 Å². The highest BCUT2D eigenvalue weighted by atomic mass is 31.2. The molecule has 2 bridgehead atoms. The summed E-state index contributed by atoms with van der Waals surface area (Å²) < 4.78 is 59.4. The molecule has 6 N–H and O–H groups in total. The van der Waals surface area contributed by atoms with E-state index in [4.69, 9.17) is 28.4 Å². The number of amides is 2. The predicted octanol–water partition coefficient (Wildman–Crippen LogP) is 6.86. The molecule has 1 unspecified atom stereocenters. The van der Waals surface area contributed by atoms with Gasteiger partial charge in [0.1, 0.15) is 47.6 Å². The molecule has 4 aliphatic rings. The number of anilines is 1. The Morgan fingerprint density at radius 3 is 2.24 bits per heavy atom. The van der Waals surface area contributed by atoms with Crippen molar-refractivity contribution in [1.29, 1.82) is 0 Å². The monoisotopic (exact) mass is 1190 g/mol. The minimum atomic E-state index is -4.84. The van der Waals surface area contributed by atoms with E-state index in [0.29, 0.717) is 63.4 Å². The predicted molar refractivity (Wildman–Crippen MR) is 304 cm³/mol. The number of ketones is 3. The summed E-state index contributed by atoms with van der Waals surface area (Å²) in [6.45, 7) is 12.4. The van der Waals surface area contributed by atoms with E-state index in [1.165, 1.54) is 20.3 Å². The molecule has 4 heterocycles. The number of methoxy groups -OCH3 is 3. The van der Waals surface area contributed by atoms with Gasteiger partial charge in [-0.1, -0.05) is 71.1 Å². The van der Waals surface area contributed by atoms with E-state index in [1.54, 1.807) is 40.9 Å². The summed E-state index contributed by atoms with van der Waals surface area (Å²) in [6.07, 6.45) is 9.07. The van der Waals surface area contributed by atoms with Gasteiger partial charge in [0, 0.05) is 58.5 Å². The Labute approximate surface area is 481 Å². The number of carbonyl (C=O) groups excluding carboxylic acids is 6. The van der Waals surface area contributed by atoms with Crippen LogP contribution in [0.4, 0.5) is 10.5 Å². The Balaban J connectivity index is 1.40. The molecule has 2 amide bonds. The Hall–Kier alpha value is -4.57. The van der Waals surface area contributed by atoms with Crippen LogP contribution in [0.3, 0.4) is 0 Å². The molecular formula is C58H87N3O19P2. The van der Waals surface area contributed by atoms with Gasteiger partial charge < -0.3 is 58.2 Å². The van der Waals surface area contributed by atoms with Gasteiger partial charge in [0.25, 0.3) is 19.1 Å². The minimum absolute atomic E-state index is 0.0154. The summed E-state index contributed by atoms with van der Waals surface area (Å²) in [4.78, 5) is 118. The standard InChI is InChI=1S/C58H87N3O19P2/c1-34-16-12-11-13-17-35(2)47(75-8)30-43-22-19-40(7)58(69,80-43)54(65)55(66)61-25-15-14-18-44(61)56(67)78-48(31-45(62)36(3)27-39(6)52(64)53(77-10)51(63)38(5)26-34)37(4)28-41-20-23-46(49(29-41)76-9)79-57(68)60-42-21-24-50(59-32-42)81(70,71)33-82(72,73)74/h11-13,16-17,21,24,27,32,34,36-38,40-41,43-44,46-49,52-53,64,69H,14-15,18-20,22-23,25-26,28-31,33H2,1-10H3,(H,60,68)(H,70,71)(H2,72,73,74)/b13-11+,16-12+,35-17+,39-27+/t34-,36-,37-,38-,40-,41-,43+,44+,46-,47+,48+,49-,52-,53+,58-/m1/s1. The summed E-state index contributed by atoms with van der Waals surface area (Å²) in [5.41, 5.74) is 0.787. The highest BCUT2D eigenvalue weighted by molar-refractivity contribution is 7.77. The van der Waals surface area contributed by atoms with Crippen molar-refractivity contribution < 1.29 is 91.2 Å². The van der Waals surface area contributed by atoms with Crippen molar-refractivity contribution in [3.05, 3.63) is 65.9 Å². The molecule has 458 valence electrons. The highest BCUT2D eigenvalue weighted by Gasteiger charge is 2.53. The second kappa shape index (κ2) is 30.5. The Morgan fingerprint density at radius 1 is 0.878 bits per heavy atom. The molecule has 0 radical (unpaired) electrons. The molecule has 0 aromatic carbocycles. The van der Waals surface area contributed by atoms with Crippen molar-refractivity contribution in [3.8, 4) is 0 Å². The second-order valence-electron chi connectivity index (χ2n) is 23.0. The first kappa shape index (κ1) is 68.2. The third-order valence-electron chi connectivity index (χ3n) is 16.4. The van der Waals surface area contributed by atoms with Gasteiger partial charge in [-0.2, -0.15) is 0 Å². The third-order valence-corrected chi connectivity index (χ3v) is 20.4. The molecule has 16 atom stereocenters. The zero-order valence-electron chi connectivity index (χ0n) is 48.9. The molecule has 2 saturated heterocycles. The number of cyclic esters (lactones) is 1. The van der Waals surface area contributed by atoms with E-state index in [1.807, 2.05) is 51.2 Å². The van der Waals surface area contributed by atoms with Crippen molar-refractivity contribution in [2.45, 2.75) is 180 Å². The zero-order valence-corrected chi connectivity index (χ0v) is 50.7. The maximum Gasteiger partial charge on any atom is 0.412 e. The summed E-state index contributed by atoms with van der Waals surface area (Å²) in [6, 6.07) is 1.07. The summed E-state index contributed by atoms with van der Waals surface area (Å²) in [7, 11) is -4.98. The number of piperidine rings is 1. The molecule has 22 nitrogen and oxygen atoms in total. The quantitative estimate of drug-likeness (QED) is 0.0570. The lowest BCUT2D eigenvalue weighted by Gasteiger charge is -2.42. The fourth-order valence-electron chi connectivity index (χ4n) is 11.5. The number of aliphatic hydroxyl groups is 2. The lowest BCUT2D eigenvalue weighted by Crippen LogP contribution is -2.61. The van der Waals surface area contributed by atoms with Crippen LogP contribution in [-0.2, 0) is 61.5 Å². The minimum Gasteiger partial charge on any atom is -0.460 e. The number of rotatable bonds is 11. The Bertz CT molecular complexity index is 2620. The highest BCUT2D eigenvalue weighted by Crippen LogP contribution is 2.53. The van der Waals surface area contributed by atoms with Crippen molar-refractivity contribution >= 4 is 61.4 Å². The van der Waals surface area contributed by atoms with E-state index >= 15 is 0 Å². The molecule has 3 aliphatic heterocycles. The Kier molecular flexibility index (Phi) is 25.4. The van der Waals surface area contributed by atoms with Gasteiger partial charge in [0.05, 0.1) is 30.2 Å². The van der Waals surface area contributed by atoms with E-state index in [9.17, 15) is 62.8 Å². The van der Waals surface area contributed by atoms with Crippen LogP contribution in [0.1, 0.15) is 126 Å². The van der Waals surface area contributed by atoms with Crippen molar-refractivity contribution in [1.82, 2.24) is 9.88 Å². The van der Waals surface area contributed by atoms with Crippen LogP contribution in [0, 0.1) is 35.5 Å². The van der Waals surface area contributed by atoms with Gasteiger partial charge in [-0.25, -0.2) is 14.6 Å². The van der Waals surface area contributed by atoms with Crippen LogP contribution in [0.2, 0.25) is 0 Å². The lowest BCUT2D eigenvalue weighted by atomic mass is 9.78. The first-order valence-electron chi connectivity index (χ1n) is 28.3. The molecular weight excluding hydrogens is 1100 g/mol. The first-order chi connectivity index (χ1) is 38.5. The number of Topliss-reactive ketones (excluding diaryl/α,β-unsaturated/α-hetero) is 3. The molecule has 1 aromatic rings. The van der Waals surface area contributed by atoms with Crippen LogP contribution < -0.4 is 10.8 Å². The average molecular weight is 1190 g/mol. The molecule has 1 saturated carbocycles. The molecule has 0 spiro atoms. The van der Waals surface area contributed by atoms with Crippen LogP contribution in [0.5, 0.6) is 0 Å². The topological polar surface area (TPSA) is 321 Å². The lowest BCUT2D eigenvalue weighted by molar-refractivity contribution is -0.265. The van der Waals surface area contributed by atoms with Crippen LogP contribution in [-0.4, -0.2) is 158 Å². The van der Waals surface area contributed by atoms with E-state index in [-0.39, 0.29) is 54.9 Å². The van der Waals surface area contributed by atoms with Gasteiger partial charge in [0.2, 0.25) is 5.79 Å². The van der Waals surface area contributed by atoms with Gasteiger partial charge in [0.15, 0.2) is 5.78 Å². The second-order valence-corrected chi connectivity index (χ2v) is 27.3. The van der Waals surface area contributed by atoms with Gasteiger partial charge in [-0.05, 0) is 119 Å². The number of aliphatic hydroxyl groups excluding tert-OH is 1. The fraction of sp³-hybridized carbons (Fsp3) is 0.672. The number of fused-ring (bicyclic) bond motifs is 3.